The molecule has 0 bridgehead atoms. The third-order valence-corrected chi connectivity index (χ3v) is 21.4. The van der Waals surface area contributed by atoms with Gasteiger partial charge in [-0.1, -0.05) is 146 Å². The van der Waals surface area contributed by atoms with Gasteiger partial charge in [0.1, 0.15) is 34.6 Å². The van der Waals surface area contributed by atoms with Gasteiger partial charge in [0.05, 0.1) is 46.2 Å². The van der Waals surface area contributed by atoms with Crippen LogP contribution in [-0.2, 0) is 75.0 Å². The number of tetrazole rings is 1. The van der Waals surface area contributed by atoms with Crippen molar-refractivity contribution in [2.45, 2.75) is 138 Å². The molecule has 1 fully saturated rings. The maximum Gasteiger partial charge on any atom is 0.573 e. The van der Waals surface area contributed by atoms with E-state index in [4.69, 9.17) is 0 Å². The fourth-order valence-corrected chi connectivity index (χ4v) is 15.5. The third kappa shape index (κ3) is 29.6. The van der Waals surface area contributed by atoms with Crippen LogP contribution in [0.2, 0.25) is 0 Å². The van der Waals surface area contributed by atoms with Gasteiger partial charge in [-0.2, -0.15) is 31.1 Å². The van der Waals surface area contributed by atoms with E-state index in [1.807, 2.05) is 0 Å². The van der Waals surface area contributed by atoms with Gasteiger partial charge in [-0.05, 0) is 166 Å². The Morgan fingerprint density at radius 3 is 1.36 bits per heavy atom. The Morgan fingerprint density at radius 1 is 0.443 bits per heavy atom. The molecule has 0 spiro atoms. The lowest BCUT2D eigenvalue weighted by Crippen LogP contribution is -2.53. The van der Waals surface area contributed by atoms with Crippen molar-refractivity contribution in [2.24, 2.45) is 0 Å². The molecule has 48 heteroatoms. The molecule has 0 radical (unpaired) electrons. The predicted octanol–water partition coefficient (Wildman–Crippen LogP) is 23.2. The summed E-state index contributed by atoms with van der Waals surface area (Å²) >= 11 is 0.965. The lowest BCUT2D eigenvalue weighted by atomic mass is 9.77. The number of methoxy groups -OCH3 is 1. The number of urea groups is 2. The molecule has 1 aliphatic carbocycles. The van der Waals surface area contributed by atoms with Gasteiger partial charge >= 0.3 is 62.2 Å². The molecule has 6 N–H and O–H groups in total. The number of nitrogens with one attached hydrogen (secondary N) is 6. The smallest absolute Gasteiger partial charge is 0.468 e. The van der Waals surface area contributed by atoms with Crippen LogP contribution in [0.3, 0.4) is 0 Å². The van der Waals surface area contributed by atoms with Gasteiger partial charge in [-0.3, -0.25) is 14.9 Å². The van der Waals surface area contributed by atoms with Crippen molar-refractivity contribution in [2.75, 3.05) is 17.7 Å². The number of thiazole rings is 1. The zero-order chi connectivity index (χ0) is 102. The van der Waals surface area contributed by atoms with Gasteiger partial charge in [-0.25, -0.2) is 36.9 Å². The Kier molecular flexibility index (Phi) is 32.4. The number of benzene rings is 10. The number of halogens is 25. The van der Waals surface area contributed by atoms with Crippen molar-refractivity contribution in [1.82, 2.24) is 46.5 Å². The fourth-order valence-electron chi connectivity index (χ4n) is 14.8. The molecule has 0 aliphatic heterocycles. The number of esters is 1. The molecule has 6 amide bonds. The minimum absolute atomic E-state index is 0.0227. The van der Waals surface area contributed by atoms with E-state index in [2.05, 4.69) is 80.7 Å². The number of aromatic nitrogens is 5. The maximum atomic E-state index is 14.9. The van der Waals surface area contributed by atoms with Crippen molar-refractivity contribution >= 4 is 52.0 Å². The van der Waals surface area contributed by atoms with E-state index < -0.39 is 167 Å². The Hall–Kier alpha value is -14.9. The van der Waals surface area contributed by atoms with Gasteiger partial charge in [0.25, 0.3) is 11.8 Å². The SMILES string of the molecule is CC(=O)Nc1ccc(C(Cc2ccccc2)(NC(=O)NC2CCCC2)c2cc(F)cc(C(F)(F)F)c2)cc1OC(F)(F)F.CC(F)(F)c1cccc(-c2csc(NC(=O)NC(Cc3ccccc3)(c3cccc(OC(F)(F)F)c3)c3cccc(OC(F)(F)F)c3)n2)c1.COC(=O)Cn1nnc(CC(NC(=O)c2ccc(F)c(C(F)(F)F)c2)(c2cccc(OC(F)(F)F)c2)c2cccc(OC(F)(F)F)c2)n1. The predicted molar refractivity (Wildman–Crippen MR) is 450 cm³/mol. The van der Waals surface area contributed by atoms with Crippen molar-refractivity contribution in [1.29, 1.82) is 0 Å². The van der Waals surface area contributed by atoms with Crippen LogP contribution in [0.15, 0.2) is 242 Å². The third-order valence-electron chi connectivity index (χ3n) is 20.6. The molecule has 1 atom stereocenters. The number of ether oxygens (including phenoxy) is 6. The van der Waals surface area contributed by atoms with Crippen molar-refractivity contribution in [3.05, 3.63) is 326 Å². The van der Waals surface area contributed by atoms with Crippen molar-refractivity contribution < 1.29 is 162 Å². The van der Waals surface area contributed by atoms with Crippen LogP contribution in [0.4, 0.5) is 130 Å². The van der Waals surface area contributed by atoms with Crippen LogP contribution in [0.5, 0.6) is 28.7 Å². The van der Waals surface area contributed by atoms with Gasteiger partial charge in [0.15, 0.2) is 23.3 Å². The van der Waals surface area contributed by atoms with Gasteiger partial charge in [0, 0.05) is 61.2 Å². The van der Waals surface area contributed by atoms with Crippen LogP contribution in [-0.4, -0.2) is 100 Å². The Bertz CT molecular complexity index is 6230. The lowest BCUT2D eigenvalue weighted by molar-refractivity contribution is -0.275. The molecule has 140 heavy (non-hydrogen) atoms. The van der Waals surface area contributed by atoms with E-state index in [1.54, 1.807) is 66.7 Å². The fraction of sp³-hybridized carbons (Fsp3) is 0.250. The average molecular weight is 2010 g/mol. The highest BCUT2D eigenvalue weighted by atomic mass is 32.1. The first-order valence-corrected chi connectivity index (χ1v) is 41.5. The van der Waals surface area contributed by atoms with E-state index in [0.717, 1.165) is 141 Å². The standard InChI is InChI=1S/C34H25F8N3O3S.C30H28F7N3O3.C28H19F10N5O5/c1-31(35,36)23-11-5-10-22(16-23)28-20-49-30(43-28)44-29(46)45-32(19-21-8-3-2-4-9-21,24-12-6-14-26(17-24)47-33(37,38)39)25-13-7-15-27(18-25)48-34(40,41)42;1-18(41)38-25-12-11-20(16-26(25)43-30(35,36)37)28(17-19-7-3-2-4-8-19,40-27(42)39-24-9-5-6-10-24)21-13-22(29(32,33)34)15-23(31)14-21;1-46-23(44)14-43-41-22(40-42-43)13-25(16-4-2-6-18(11-16)47-27(33,34)35,17-5-3-7-19(12-17)48-28(36,37)38)39-24(45)15-8-9-21(29)20(10-15)26(30,31)32/h2-18,20H,19H2,1H3,(H2,43,44,45,46);2-4,7-8,11-16,24H,5-6,9-10,17H2,1H3,(H,38,41)(H2,39,40,42);2-12H,13-14H2,1H3,(H,39,45). The van der Waals surface area contributed by atoms with E-state index in [0.29, 0.717) is 47.7 Å². The molecule has 1 unspecified atom stereocenters. The molecule has 0 saturated heterocycles. The first kappa shape index (κ1) is 106. The van der Waals surface area contributed by atoms with E-state index in [9.17, 15) is 134 Å². The number of alkyl halides is 23. The van der Waals surface area contributed by atoms with Gasteiger partial charge < -0.3 is 55.0 Å². The Labute approximate surface area is 779 Å². The number of hydrogen-bond donors (Lipinski definition) is 6. The zero-order valence-corrected chi connectivity index (χ0v) is 72.7. The maximum absolute atomic E-state index is 14.9. The molecular formula is C92H72F25N11O11S. The minimum Gasteiger partial charge on any atom is -0.468 e. The number of nitrogens with zero attached hydrogens (tertiary/aromatic N) is 5. The molecule has 742 valence electrons. The average Bonchev–Trinajstić information content (AvgIpc) is 0.951. The summed E-state index contributed by atoms with van der Waals surface area (Å²) in [4.78, 5) is 69.3. The monoisotopic (exact) mass is 2010 g/mol. The number of anilines is 2. The minimum atomic E-state index is -5.26. The molecular weight excluding hydrogens is 1940 g/mol. The Morgan fingerprint density at radius 2 is 0.900 bits per heavy atom. The van der Waals surface area contributed by atoms with E-state index in [1.165, 1.54) is 53.9 Å². The molecule has 22 nitrogen and oxygen atoms in total. The lowest BCUT2D eigenvalue weighted by Gasteiger charge is -2.37. The first-order valence-electron chi connectivity index (χ1n) is 40.7. The second kappa shape index (κ2) is 43.0. The van der Waals surface area contributed by atoms with Crippen LogP contribution < -0.4 is 55.6 Å². The molecule has 13 rings (SSSR count). The number of amides is 6. The second-order valence-electron chi connectivity index (χ2n) is 30.8. The summed E-state index contributed by atoms with van der Waals surface area (Å²) in [7, 11) is 1.05. The number of hydrogen-bond acceptors (Lipinski definition) is 16. The van der Waals surface area contributed by atoms with Crippen LogP contribution in [0.1, 0.15) is 117 Å². The molecule has 2 aromatic heterocycles. The largest absolute Gasteiger partial charge is 0.573 e. The van der Waals surface area contributed by atoms with E-state index in [-0.39, 0.29) is 92.3 Å². The van der Waals surface area contributed by atoms with Crippen LogP contribution >= 0.6 is 11.3 Å². The summed E-state index contributed by atoms with van der Waals surface area (Å²) in [6.07, 6.45) is -34.3. The first-order chi connectivity index (χ1) is 65.4. The summed E-state index contributed by atoms with van der Waals surface area (Å²) in [5.41, 5.74) is -10.4. The molecule has 1 aliphatic rings. The summed E-state index contributed by atoms with van der Waals surface area (Å²) < 4.78 is 363. The van der Waals surface area contributed by atoms with E-state index >= 15 is 0 Å². The Balaban J connectivity index is 0.000000201. The molecule has 1 saturated carbocycles. The number of rotatable bonds is 28. The highest BCUT2D eigenvalue weighted by molar-refractivity contribution is 7.14. The molecule has 2 heterocycles. The second-order valence-corrected chi connectivity index (χ2v) is 31.7. The summed E-state index contributed by atoms with van der Waals surface area (Å²) in [5.74, 6) is -13.4. The van der Waals surface area contributed by atoms with Gasteiger partial charge in [0.2, 0.25) is 5.91 Å². The molecule has 10 aromatic carbocycles. The van der Waals surface area contributed by atoms with Gasteiger partial charge in [-0.15, -0.1) is 87.4 Å². The summed E-state index contributed by atoms with van der Waals surface area (Å²) in [6, 6.07) is 43.0. The normalized spacial score (nSPS) is 13.3. The quantitative estimate of drug-likeness (QED) is 0.0197. The van der Waals surface area contributed by atoms with Crippen LogP contribution in [0, 0.1) is 11.6 Å². The summed E-state index contributed by atoms with van der Waals surface area (Å²) in [6.45, 7) is 1.22. The summed E-state index contributed by atoms with van der Waals surface area (Å²) in [5, 5.41) is 28.2. The topological polar surface area (TPSA) is 269 Å². The highest BCUT2D eigenvalue weighted by Gasteiger charge is 2.47. The van der Waals surface area contributed by atoms with Crippen molar-refractivity contribution in [3.8, 4) is 40.0 Å². The zero-order valence-electron chi connectivity index (χ0n) is 71.9. The number of carbonyl (C=O) groups is 5. The molecule has 12 aromatic rings. The van der Waals surface area contributed by atoms with Crippen molar-refractivity contribution in [3.63, 3.8) is 0 Å². The van der Waals surface area contributed by atoms with Crippen LogP contribution in [0.25, 0.3) is 11.3 Å². The highest BCUT2D eigenvalue weighted by Crippen LogP contribution is 2.46. The number of carbonyl (C=O) groups excluding carboxylic acids is 5.